The molecule has 3 unspecified atom stereocenters. The Labute approximate surface area is 115 Å². The molecule has 1 saturated carbocycles. The lowest BCUT2D eigenvalue weighted by Gasteiger charge is -2.30. The summed E-state index contributed by atoms with van der Waals surface area (Å²) in [5.41, 5.74) is 5.87. The van der Waals surface area contributed by atoms with Crippen LogP contribution in [0.2, 0.25) is 0 Å². The standard InChI is InChI=1S/C13H24N2O3S/c1-2-6-15(12-5-7-19(17,18)9-12)13(16)10-3-4-11(14)8-10/h10-12H,2-9,14H2,1H3. The highest BCUT2D eigenvalue weighted by Crippen LogP contribution is 2.28. The second kappa shape index (κ2) is 5.79. The number of sulfone groups is 1. The molecule has 1 saturated heterocycles. The molecule has 2 aliphatic rings. The summed E-state index contributed by atoms with van der Waals surface area (Å²) in [6.45, 7) is 2.68. The van der Waals surface area contributed by atoms with Gasteiger partial charge in [-0.25, -0.2) is 8.42 Å². The smallest absolute Gasteiger partial charge is 0.226 e. The molecule has 110 valence electrons. The van der Waals surface area contributed by atoms with Crippen molar-refractivity contribution in [2.45, 2.75) is 51.1 Å². The highest BCUT2D eigenvalue weighted by molar-refractivity contribution is 7.91. The molecule has 2 rings (SSSR count). The lowest BCUT2D eigenvalue weighted by molar-refractivity contribution is -0.137. The predicted octanol–water partition coefficient (Wildman–Crippen LogP) is 0.540. The number of rotatable bonds is 4. The molecule has 3 atom stereocenters. The van der Waals surface area contributed by atoms with E-state index in [9.17, 15) is 13.2 Å². The zero-order valence-electron chi connectivity index (χ0n) is 11.5. The third-order valence-electron chi connectivity index (χ3n) is 4.22. The van der Waals surface area contributed by atoms with Crippen LogP contribution in [-0.4, -0.2) is 49.4 Å². The van der Waals surface area contributed by atoms with Crippen LogP contribution in [0.4, 0.5) is 0 Å². The van der Waals surface area contributed by atoms with Crippen LogP contribution in [0.25, 0.3) is 0 Å². The average Bonchev–Trinajstić information content (AvgIpc) is 2.91. The minimum Gasteiger partial charge on any atom is -0.338 e. The fourth-order valence-electron chi connectivity index (χ4n) is 3.21. The van der Waals surface area contributed by atoms with Crippen molar-refractivity contribution < 1.29 is 13.2 Å². The number of hydrogen-bond donors (Lipinski definition) is 1. The fourth-order valence-corrected chi connectivity index (χ4v) is 4.94. The van der Waals surface area contributed by atoms with E-state index in [2.05, 4.69) is 0 Å². The van der Waals surface area contributed by atoms with Gasteiger partial charge in [0.2, 0.25) is 5.91 Å². The Kier molecular flexibility index (Phi) is 4.50. The van der Waals surface area contributed by atoms with Gasteiger partial charge in [-0.05, 0) is 32.1 Å². The van der Waals surface area contributed by atoms with E-state index < -0.39 is 9.84 Å². The summed E-state index contributed by atoms with van der Waals surface area (Å²) in [6.07, 6.45) is 3.95. The van der Waals surface area contributed by atoms with Crippen LogP contribution in [0, 0.1) is 5.92 Å². The van der Waals surface area contributed by atoms with E-state index >= 15 is 0 Å². The summed E-state index contributed by atoms with van der Waals surface area (Å²) < 4.78 is 23.2. The molecule has 0 aromatic heterocycles. The zero-order chi connectivity index (χ0) is 14.0. The summed E-state index contributed by atoms with van der Waals surface area (Å²) in [6, 6.07) is 0.0130. The van der Waals surface area contributed by atoms with Crippen LogP contribution in [-0.2, 0) is 14.6 Å². The molecule has 0 radical (unpaired) electrons. The summed E-state index contributed by atoms with van der Waals surface area (Å²) in [5.74, 6) is 0.481. The highest BCUT2D eigenvalue weighted by atomic mass is 32.2. The lowest BCUT2D eigenvalue weighted by Crippen LogP contribution is -2.44. The van der Waals surface area contributed by atoms with E-state index in [0.717, 1.165) is 25.7 Å². The Morgan fingerprint density at radius 1 is 1.32 bits per heavy atom. The number of carbonyl (C=O) groups is 1. The normalized spacial score (nSPS) is 33.5. The van der Waals surface area contributed by atoms with Crippen LogP contribution < -0.4 is 5.73 Å². The van der Waals surface area contributed by atoms with Crippen molar-refractivity contribution in [3.05, 3.63) is 0 Å². The van der Waals surface area contributed by atoms with E-state index in [1.54, 1.807) is 0 Å². The molecule has 2 fully saturated rings. The maximum absolute atomic E-state index is 12.6. The summed E-state index contributed by atoms with van der Waals surface area (Å²) >= 11 is 0. The maximum atomic E-state index is 12.6. The minimum absolute atomic E-state index is 0.00449. The van der Waals surface area contributed by atoms with Crippen molar-refractivity contribution >= 4 is 15.7 Å². The van der Waals surface area contributed by atoms with Gasteiger partial charge in [-0.1, -0.05) is 6.92 Å². The van der Waals surface area contributed by atoms with Crippen molar-refractivity contribution in [2.75, 3.05) is 18.1 Å². The average molecular weight is 288 g/mol. The van der Waals surface area contributed by atoms with Crippen molar-refractivity contribution in [3.63, 3.8) is 0 Å². The van der Waals surface area contributed by atoms with Crippen molar-refractivity contribution in [3.8, 4) is 0 Å². The third-order valence-corrected chi connectivity index (χ3v) is 5.97. The molecule has 1 heterocycles. The Morgan fingerprint density at radius 3 is 2.53 bits per heavy atom. The Bertz CT molecular complexity index is 435. The first kappa shape index (κ1) is 14.8. The van der Waals surface area contributed by atoms with Gasteiger partial charge in [0.05, 0.1) is 11.5 Å². The van der Waals surface area contributed by atoms with E-state index in [0.29, 0.717) is 13.0 Å². The molecule has 6 heteroatoms. The topological polar surface area (TPSA) is 80.5 Å². The molecule has 2 N–H and O–H groups in total. The number of hydrogen-bond acceptors (Lipinski definition) is 4. The number of amides is 1. The highest BCUT2D eigenvalue weighted by Gasteiger charge is 2.38. The van der Waals surface area contributed by atoms with Gasteiger partial charge in [0, 0.05) is 24.5 Å². The van der Waals surface area contributed by atoms with Gasteiger partial charge in [0.15, 0.2) is 9.84 Å². The van der Waals surface area contributed by atoms with E-state index in [-0.39, 0.29) is 35.4 Å². The van der Waals surface area contributed by atoms with E-state index in [1.165, 1.54) is 0 Å². The fraction of sp³-hybridized carbons (Fsp3) is 0.923. The lowest BCUT2D eigenvalue weighted by atomic mass is 10.0. The van der Waals surface area contributed by atoms with Crippen LogP contribution in [0.5, 0.6) is 0 Å². The zero-order valence-corrected chi connectivity index (χ0v) is 12.4. The summed E-state index contributed by atoms with van der Waals surface area (Å²) in [4.78, 5) is 14.4. The predicted molar refractivity (Wildman–Crippen MR) is 74.4 cm³/mol. The molecule has 19 heavy (non-hydrogen) atoms. The second-order valence-corrected chi connectivity index (χ2v) is 8.09. The third kappa shape index (κ3) is 3.48. The van der Waals surface area contributed by atoms with Gasteiger partial charge < -0.3 is 10.6 Å². The van der Waals surface area contributed by atoms with Gasteiger partial charge >= 0.3 is 0 Å². The molecule has 1 aliphatic carbocycles. The van der Waals surface area contributed by atoms with Crippen LogP contribution in [0.15, 0.2) is 0 Å². The van der Waals surface area contributed by atoms with Crippen molar-refractivity contribution in [2.24, 2.45) is 11.7 Å². The minimum atomic E-state index is -2.95. The SMILES string of the molecule is CCCN(C(=O)C1CCC(N)C1)C1CCS(=O)(=O)C1. The first-order valence-corrected chi connectivity index (χ1v) is 9.01. The van der Waals surface area contributed by atoms with Gasteiger partial charge in [0.25, 0.3) is 0 Å². The monoisotopic (exact) mass is 288 g/mol. The first-order valence-electron chi connectivity index (χ1n) is 7.19. The Hall–Kier alpha value is -0.620. The molecular formula is C13H24N2O3S. The van der Waals surface area contributed by atoms with E-state index in [1.807, 2.05) is 11.8 Å². The van der Waals surface area contributed by atoms with Gasteiger partial charge in [-0.2, -0.15) is 0 Å². The van der Waals surface area contributed by atoms with Crippen molar-refractivity contribution in [1.29, 1.82) is 0 Å². The largest absolute Gasteiger partial charge is 0.338 e. The van der Waals surface area contributed by atoms with Gasteiger partial charge in [-0.3, -0.25) is 4.79 Å². The van der Waals surface area contributed by atoms with Crippen LogP contribution in [0.1, 0.15) is 39.0 Å². The molecule has 0 aromatic rings. The van der Waals surface area contributed by atoms with Crippen molar-refractivity contribution in [1.82, 2.24) is 4.90 Å². The number of nitrogens with two attached hydrogens (primary N) is 1. The summed E-state index contributed by atoms with van der Waals surface area (Å²) in [7, 11) is -2.95. The molecule has 0 bridgehead atoms. The molecule has 0 aromatic carbocycles. The van der Waals surface area contributed by atoms with Gasteiger partial charge in [-0.15, -0.1) is 0 Å². The number of nitrogens with zero attached hydrogens (tertiary/aromatic N) is 1. The molecule has 5 nitrogen and oxygen atoms in total. The molecular weight excluding hydrogens is 264 g/mol. The Balaban J connectivity index is 2.05. The number of carbonyl (C=O) groups excluding carboxylic acids is 1. The van der Waals surface area contributed by atoms with Gasteiger partial charge in [0.1, 0.15) is 0 Å². The molecule has 1 amide bonds. The van der Waals surface area contributed by atoms with Crippen LogP contribution >= 0.6 is 0 Å². The van der Waals surface area contributed by atoms with Crippen LogP contribution in [0.3, 0.4) is 0 Å². The first-order chi connectivity index (χ1) is 8.93. The maximum Gasteiger partial charge on any atom is 0.226 e. The quantitative estimate of drug-likeness (QED) is 0.818. The molecule has 1 aliphatic heterocycles. The molecule has 0 spiro atoms. The Morgan fingerprint density at radius 2 is 2.05 bits per heavy atom. The summed E-state index contributed by atoms with van der Waals surface area (Å²) in [5, 5.41) is 0. The van der Waals surface area contributed by atoms with E-state index in [4.69, 9.17) is 5.73 Å². The second-order valence-electron chi connectivity index (χ2n) is 5.86.